The zero-order valence-corrected chi connectivity index (χ0v) is 11.1. The first-order valence-electron chi connectivity index (χ1n) is 6.41. The molecule has 5 heteroatoms. The third-order valence-corrected chi connectivity index (χ3v) is 5.55. The summed E-state index contributed by atoms with van der Waals surface area (Å²) in [6, 6.07) is 8.43. The molecule has 1 fully saturated rings. The largest absolute Gasteiger partial charge is 0.366 e. The Labute approximate surface area is 108 Å². The molecular formula is C13H18N2O2S. The highest BCUT2D eigenvalue weighted by atomic mass is 32.2. The van der Waals surface area contributed by atoms with Crippen molar-refractivity contribution in [1.29, 1.82) is 0 Å². The first kappa shape index (κ1) is 12.0. The van der Waals surface area contributed by atoms with E-state index in [4.69, 9.17) is 0 Å². The van der Waals surface area contributed by atoms with E-state index in [0.29, 0.717) is 11.5 Å². The molecule has 0 saturated carbocycles. The van der Waals surface area contributed by atoms with Gasteiger partial charge in [-0.2, -0.15) is 0 Å². The minimum absolute atomic E-state index is 0.149. The van der Waals surface area contributed by atoms with Crippen molar-refractivity contribution in [1.82, 2.24) is 5.32 Å². The number of hydrogen-bond donors (Lipinski definition) is 1. The van der Waals surface area contributed by atoms with Gasteiger partial charge in [0.05, 0.1) is 11.5 Å². The quantitative estimate of drug-likeness (QED) is 0.816. The van der Waals surface area contributed by atoms with Gasteiger partial charge in [0.1, 0.15) is 0 Å². The lowest BCUT2D eigenvalue weighted by Crippen LogP contribution is -2.39. The van der Waals surface area contributed by atoms with Gasteiger partial charge in [0.25, 0.3) is 0 Å². The van der Waals surface area contributed by atoms with Crippen LogP contribution in [0.25, 0.3) is 0 Å². The summed E-state index contributed by atoms with van der Waals surface area (Å²) in [6.07, 6.45) is 0.761. The second-order valence-electron chi connectivity index (χ2n) is 5.06. The van der Waals surface area contributed by atoms with Crippen molar-refractivity contribution in [3.63, 3.8) is 0 Å². The molecular weight excluding hydrogens is 248 g/mol. The Balaban J connectivity index is 1.93. The molecule has 1 N–H and O–H groups in total. The van der Waals surface area contributed by atoms with Crippen molar-refractivity contribution in [3.05, 3.63) is 29.8 Å². The fourth-order valence-electron chi connectivity index (χ4n) is 2.88. The van der Waals surface area contributed by atoms with Gasteiger partial charge in [0.2, 0.25) is 0 Å². The first-order chi connectivity index (χ1) is 8.66. The van der Waals surface area contributed by atoms with Gasteiger partial charge in [0, 0.05) is 31.4 Å². The number of para-hydroxylation sites is 1. The number of fused-ring (bicyclic) bond motifs is 1. The SMILES string of the molecule is O=S1(=O)CCC(N2CCNCc3ccccc32)C1. The van der Waals surface area contributed by atoms with Crippen LogP contribution in [0.15, 0.2) is 24.3 Å². The van der Waals surface area contributed by atoms with Gasteiger partial charge < -0.3 is 10.2 Å². The molecule has 2 aliphatic rings. The highest BCUT2D eigenvalue weighted by Crippen LogP contribution is 2.28. The van der Waals surface area contributed by atoms with Crippen molar-refractivity contribution in [3.8, 4) is 0 Å². The molecule has 1 atom stereocenters. The lowest BCUT2D eigenvalue weighted by molar-refractivity contribution is 0.597. The third kappa shape index (κ3) is 2.24. The van der Waals surface area contributed by atoms with E-state index in [-0.39, 0.29) is 6.04 Å². The second kappa shape index (κ2) is 4.55. The molecule has 1 saturated heterocycles. The van der Waals surface area contributed by atoms with Crippen LogP contribution in [0.1, 0.15) is 12.0 Å². The highest BCUT2D eigenvalue weighted by molar-refractivity contribution is 7.91. The fourth-order valence-corrected chi connectivity index (χ4v) is 4.61. The lowest BCUT2D eigenvalue weighted by Gasteiger charge is -2.30. The molecule has 4 nitrogen and oxygen atoms in total. The van der Waals surface area contributed by atoms with Crippen molar-refractivity contribution < 1.29 is 8.42 Å². The van der Waals surface area contributed by atoms with Gasteiger partial charge in [-0.15, -0.1) is 0 Å². The zero-order chi connectivity index (χ0) is 12.6. The first-order valence-corrected chi connectivity index (χ1v) is 8.23. The Morgan fingerprint density at radius 2 is 2.11 bits per heavy atom. The summed E-state index contributed by atoms with van der Waals surface area (Å²) in [5.74, 6) is 0.644. The van der Waals surface area contributed by atoms with E-state index in [1.54, 1.807) is 0 Å². The lowest BCUT2D eigenvalue weighted by atomic mass is 10.1. The van der Waals surface area contributed by atoms with Gasteiger partial charge in [-0.05, 0) is 18.1 Å². The van der Waals surface area contributed by atoms with E-state index in [1.807, 2.05) is 12.1 Å². The Kier molecular flexibility index (Phi) is 3.03. The monoisotopic (exact) mass is 266 g/mol. The summed E-state index contributed by atoms with van der Waals surface area (Å²) in [6.45, 7) is 2.66. The molecule has 0 spiro atoms. The van der Waals surface area contributed by atoms with Gasteiger partial charge in [-0.25, -0.2) is 8.42 Å². The van der Waals surface area contributed by atoms with Crippen molar-refractivity contribution >= 4 is 15.5 Å². The van der Waals surface area contributed by atoms with E-state index in [2.05, 4.69) is 22.3 Å². The van der Waals surface area contributed by atoms with Gasteiger partial charge in [-0.3, -0.25) is 0 Å². The number of anilines is 1. The summed E-state index contributed by atoms with van der Waals surface area (Å²) >= 11 is 0. The Morgan fingerprint density at radius 3 is 2.89 bits per heavy atom. The topological polar surface area (TPSA) is 49.4 Å². The Morgan fingerprint density at radius 1 is 1.28 bits per heavy atom. The van der Waals surface area contributed by atoms with E-state index >= 15 is 0 Å². The molecule has 0 radical (unpaired) electrons. The number of rotatable bonds is 1. The fraction of sp³-hybridized carbons (Fsp3) is 0.538. The van der Waals surface area contributed by atoms with Gasteiger partial charge in [-0.1, -0.05) is 18.2 Å². The molecule has 1 aromatic carbocycles. The van der Waals surface area contributed by atoms with Crippen LogP contribution in [-0.2, 0) is 16.4 Å². The molecule has 18 heavy (non-hydrogen) atoms. The van der Waals surface area contributed by atoms with Gasteiger partial charge in [0.15, 0.2) is 9.84 Å². The molecule has 1 aromatic rings. The minimum Gasteiger partial charge on any atom is -0.366 e. The Bertz CT molecular complexity index is 542. The van der Waals surface area contributed by atoms with Crippen LogP contribution in [0.4, 0.5) is 5.69 Å². The second-order valence-corrected chi connectivity index (χ2v) is 7.28. The van der Waals surface area contributed by atoms with Crippen LogP contribution in [0.2, 0.25) is 0 Å². The average Bonchev–Trinajstić information content (AvgIpc) is 2.60. The van der Waals surface area contributed by atoms with Crippen LogP contribution in [0, 0.1) is 0 Å². The summed E-state index contributed by atoms with van der Waals surface area (Å²) in [5.41, 5.74) is 2.46. The molecule has 0 aliphatic carbocycles. The highest BCUT2D eigenvalue weighted by Gasteiger charge is 2.33. The van der Waals surface area contributed by atoms with Crippen LogP contribution in [-0.4, -0.2) is 39.1 Å². The van der Waals surface area contributed by atoms with Crippen LogP contribution in [0.3, 0.4) is 0 Å². The predicted octanol–water partition coefficient (Wildman–Crippen LogP) is 0.783. The number of hydrogen-bond acceptors (Lipinski definition) is 4. The summed E-state index contributed by atoms with van der Waals surface area (Å²) in [4.78, 5) is 2.28. The number of nitrogens with zero attached hydrogens (tertiary/aromatic N) is 1. The van der Waals surface area contributed by atoms with Gasteiger partial charge >= 0.3 is 0 Å². The Hall–Kier alpha value is -1.07. The molecule has 0 amide bonds. The summed E-state index contributed by atoms with van der Waals surface area (Å²) in [5, 5.41) is 3.39. The maximum Gasteiger partial charge on any atom is 0.152 e. The molecule has 98 valence electrons. The molecule has 0 bridgehead atoms. The average molecular weight is 266 g/mol. The smallest absolute Gasteiger partial charge is 0.152 e. The number of nitrogens with one attached hydrogen (secondary N) is 1. The maximum atomic E-state index is 11.6. The third-order valence-electron chi connectivity index (χ3n) is 3.80. The summed E-state index contributed by atoms with van der Waals surface area (Å²) < 4.78 is 23.3. The zero-order valence-electron chi connectivity index (χ0n) is 10.3. The molecule has 1 unspecified atom stereocenters. The normalized spacial score (nSPS) is 26.7. The number of sulfone groups is 1. The van der Waals surface area contributed by atoms with E-state index < -0.39 is 9.84 Å². The standard InChI is InChI=1S/C13H18N2O2S/c16-18(17)8-5-12(10-18)15-7-6-14-9-11-3-1-2-4-13(11)15/h1-4,12,14H,5-10H2. The molecule has 0 aromatic heterocycles. The maximum absolute atomic E-state index is 11.6. The number of benzene rings is 1. The van der Waals surface area contributed by atoms with Crippen LogP contribution >= 0.6 is 0 Å². The van der Waals surface area contributed by atoms with Crippen LogP contribution < -0.4 is 10.2 Å². The predicted molar refractivity (Wildman–Crippen MR) is 72.6 cm³/mol. The van der Waals surface area contributed by atoms with Crippen molar-refractivity contribution in [2.75, 3.05) is 29.5 Å². The van der Waals surface area contributed by atoms with Crippen molar-refractivity contribution in [2.45, 2.75) is 19.0 Å². The van der Waals surface area contributed by atoms with Crippen molar-refractivity contribution in [2.24, 2.45) is 0 Å². The molecule has 2 heterocycles. The minimum atomic E-state index is -2.82. The molecule has 3 rings (SSSR count). The summed E-state index contributed by atoms with van der Waals surface area (Å²) in [7, 11) is -2.82. The van der Waals surface area contributed by atoms with E-state index in [0.717, 1.165) is 26.1 Å². The van der Waals surface area contributed by atoms with Crippen LogP contribution in [0.5, 0.6) is 0 Å². The molecule has 2 aliphatic heterocycles. The van der Waals surface area contributed by atoms with E-state index in [1.165, 1.54) is 11.3 Å². The van der Waals surface area contributed by atoms with E-state index in [9.17, 15) is 8.42 Å².